The van der Waals surface area contributed by atoms with E-state index >= 15 is 0 Å². The van der Waals surface area contributed by atoms with Crippen LogP contribution in [0.2, 0.25) is 0 Å². The van der Waals surface area contributed by atoms with E-state index in [0.717, 1.165) is 17.7 Å². The summed E-state index contributed by atoms with van der Waals surface area (Å²) in [4.78, 5) is 25.4. The maximum atomic E-state index is 13.1. The largest absolute Gasteiger partial charge is 0.340 e. The van der Waals surface area contributed by atoms with E-state index in [1.165, 1.54) is 36.4 Å². The Bertz CT molecular complexity index is 1170. The molecule has 0 aliphatic heterocycles. The van der Waals surface area contributed by atoms with E-state index in [0.29, 0.717) is 5.69 Å². The third kappa shape index (κ3) is 6.21. The summed E-state index contributed by atoms with van der Waals surface area (Å²) in [6.45, 7) is 0. The number of primary sulfonamides is 1. The Morgan fingerprint density at radius 3 is 2.10 bits per heavy atom. The van der Waals surface area contributed by atoms with Crippen molar-refractivity contribution >= 4 is 27.5 Å². The van der Waals surface area contributed by atoms with E-state index in [2.05, 4.69) is 10.6 Å². The van der Waals surface area contributed by atoms with E-state index in [-0.39, 0.29) is 16.9 Å². The molecule has 3 aromatic rings. The summed E-state index contributed by atoms with van der Waals surface area (Å²) < 4.78 is 35.9. The predicted molar refractivity (Wildman–Crippen MR) is 114 cm³/mol. The Kier molecular flexibility index (Phi) is 6.78. The Balaban J connectivity index is 1.78. The van der Waals surface area contributed by atoms with Crippen molar-refractivity contribution in [2.75, 3.05) is 5.32 Å². The maximum Gasteiger partial charge on any atom is 0.251 e. The fourth-order valence-electron chi connectivity index (χ4n) is 2.86. The lowest BCUT2D eigenvalue weighted by molar-refractivity contribution is -0.118. The first-order valence-electron chi connectivity index (χ1n) is 9.26. The van der Waals surface area contributed by atoms with Crippen LogP contribution in [0.15, 0.2) is 83.8 Å². The molecule has 1 atom stereocenters. The van der Waals surface area contributed by atoms with Gasteiger partial charge in [0.25, 0.3) is 5.91 Å². The summed E-state index contributed by atoms with van der Waals surface area (Å²) in [5.41, 5.74) is 1.38. The predicted octanol–water partition coefficient (Wildman–Crippen LogP) is 2.45. The Morgan fingerprint density at radius 2 is 1.52 bits per heavy atom. The quantitative estimate of drug-likeness (QED) is 0.522. The number of halogens is 1. The topological polar surface area (TPSA) is 118 Å². The SMILES string of the molecule is NS(=O)(=O)c1ccc(NC(=O)[C@H](Cc2ccccc2)NC(=O)c2ccc(F)cc2)cc1. The number of carbonyl (C=O) groups excluding carboxylic acids is 2. The number of sulfonamides is 1. The molecule has 3 rings (SSSR count). The second kappa shape index (κ2) is 9.50. The van der Waals surface area contributed by atoms with Gasteiger partial charge in [0.2, 0.25) is 15.9 Å². The highest BCUT2D eigenvalue weighted by atomic mass is 32.2. The van der Waals surface area contributed by atoms with E-state index in [1.807, 2.05) is 30.3 Å². The smallest absolute Gasteiger partial charge is 0.251 e. The summed E-state index contributed by atoms with van der Waals surface area (Å²) >= 11 is 0. The van der Waals surface area contributed by atoms with Crippen LogP contribution in [0.25, 0.3) is 0 Å². The lowest BCUT2D eigenvalue weighted by Gasteiger charge is -2.19. The van der Waals surface area contributed by atoms with Crippen LogP contribution in [0.4, 0.5) is 10.1 Å². The van der Waals surface area contributed by atoms with Gasteiger partial charge < -0.3 is 10.6 Å². The van der Waals surface area contributed by atoms with Crippen molar-refractivity contribution in [2.45, 2.75) is 17.4 Å². The number of amides is 2. The van der Waals surface area contributed by atoms with Crippen LogP contribution < -0.4 is 15.8 Å². The second-order valence-electron chi connectivity index (χ2n) is 6.78. The molecule has 9 heteroatoms. The van der Waals surface area contributed by atoms with Crippen molar-refractivity contribution in [3.05, 3.63) is 95.8 Å². The number of rotatable bonds is 7. The summed E-state index contributed by atoms with van der Waals surface area (Å²) in [5.74, 6) is -1.50. The molecule has 0 saturated carbocycles. The monoisotopic (exact) mass is 441 g/mol. The fraction of sp³-hybridized carbons (Fsp3) is 0.0909. The molecule has 0 spiro atoms. The van der Waals surface area contributed by atoms with Crippen LogP contribution in [0.1, 0.15) is 15.9 Å². The standard InChI is InChI=1S/C22H20FN3O4S/c23-17-8-6-16(7-9-17)21(27)26-20(14-15-4-2-1-3-5-15)22(28)25-18-10-12-19(13-11-18)31(24,29)30/h1-13,20H,14H2,(H,25,28)(H,26,27)(H2,24,29,30)/t20-/m0/s1. The normalized spacial score (nSPS) is 12.1. The third-order valence-electron chi connectivity index (χ3n) is 4.46. The van der Waals surface area contributed by atoms with Crippen molar-refractivity contribution in [2.24, 2.45) is 5.14 Å². The molecule has 0 bridgehead atoms. The van der Waals surface area contributed by atoms with E-state index in [9.17, 15) is 22.4 Å². The average Bonchev–Trinajstić information content (AvgIpc) is 2.74. The molecular formula is C22H20FN3O4S. The molecule has 0 radical (unpaired) electrons. The lowest BCUT2D eigenvalue weighted by Crippen LogP contribution is -2.45. The van der Waals surface area contributed by atoms with Gasteiger partial charge in [-0.25, -0.2) is 17.9 Å². The van der Waals surface area contributed by atoms with Crippen LogP contribution in [-0.2, 0) is 21.2 Å². The third-order valence-corrected chi connectivity index (χ3v) is 5.39. The summed E-state index contributed by atoms with van der Waals surface area (Å²) in [6.07, 6.45) is 0.217. The first-order valence-corrected chi connectivity index (χ1v) is 10.8. The molecule has 0 saturated heterocycles. The number of anilines is 1. The fourth-order valence-corrected chi connectivity index (χ4v) is 3.37. The van der Waals surface area contributed by atoms with E-state index < -0.39 is 33.7 Å². The van der Waals surface area contributed by atoms with Crippen LogP contribution in [0.3, 0.4) is 0 Å². The highest BCUT2D eigenvalue weighted by Gasteiger charge is 2.22. The van der Waals surface area contributed by atoms with Gasteiger partial charge in [-0.2, -0.15) is 0 Å². The average molecular weight is 441 g/mol. The molecule has 0 fully saturated rings. The minimum atomic E-state index is -3.85. The number of benzene rings is 3. The molecule has 0 aromatic heterocycles. The van der Waals surface area contributed by atoms with Gasteiger partial charge in [-0.05, 0) is 54.1 Å². The highest BCUT2D eigenvalue weighted by molar-refractivity contribution is 7.89. The summed E-state index contributed by atoms with van der Waals surface area (Å²) in [5, 5.41) is 10.4. The van der Waals surface area contributed by atoms with Gasteiger partial charge >= 0.3 is 0 Å². The zero-order chi connectivity index (χ0) is 22.4. The Morgan fingerprint density at radius 1 is 0.903 bits per heavy atom. The number of hydrogen-bond acceptors (Lipinski definition) is 4. The minimum Gasteiger partial charge on any atom is -0.340 e. The van der Waals surface area contributed by atoms with Crippen molar-refractivity contribution < 1.29 is 22.4 Å². The first kappa shape index (κ1) is 22.1. The molecule has 0 aliphatic carbocycles. The van der Waals surface area contributed by atoms with Gasteiger partial charge in [-0.3, -0.25) is 9.59 Å². The molecule has 0 heterocycles. The van der Waals surface area contributed by atoms with Crippen LogP contribution in [-0.4, -0.2) is 26.3 Å². The van der Waals surface area contributed by atoms with Crippen LogP contribution >= 0.6 is 0 Å². The zero-order valence-electron chi connectivity index (χ0n) is 16.3. The van der Waals surface area contributed by atoms with Gasteiger partial charge in [0, 0.05) is 17.7 Å². The van der Waals surface area contributed by atoms with Crippen molar-refractivity contribution in [3.63, 3.8) is 0 Å². The second-order valence-corrected chi connectivity index (χ2v) is 8.34. The molecule has 2 amide bonds. The molecule has 7 nitrogen and oxygen atoms in total. The molecule has 0 unspecified atom stereocenters. The van der Waals surface area contributed by atoms with Gasteiger partial charge in [-0.1, -0.05) is 30.3 Å². The van der Waals surface area contributed by atoms with E-state index in [1.54, 1.807) is 0 Å². The first-order chi connectivity index (χ1) is 14.7. The van der Waals surface area contributed by atoms with E-state index in [4.69, 9.17) is 5.14 Å². The highest BCUT2D eigenvalue weighted by Crippen LogP contribution is 2.14. The zero-order valence-corrected chi connectivity index (χ0v) is 17.1. The van der Waals surface area contributed by atoms with Gasteiger partial charge in [0.1, 0.15) is 11.9 Å². The minimum absolute atomic E-state index is 0.0871. The number of nitrogens with one attached hydrogen (secondary N) is 2. The number of carbonyl (C=O) groups is 2. The van der Waals surface area contributed by atoms with Crippen LogP contribution in [0, 0.1) is 5.82 Å². The van der Waals surface area contributed by atoms with Crippen molar-refractivity contribution in [1.29, 1.82) is 0 Å². The molecular weight excluding hydrogens is 421 g/mol. The number of nitrogens with two attached hydrogens (primary N) is 1. The Labute approximate surface area is 179 Å². The lowest BCUT2D eigenvalue weighted by atomic mass is 10.0. The van der Waals surface area contributed by atoms with Gasteiger partial charge in [-0.15, -0.1) is 0 Å². The van der Waals surface area contributed by atoms with Crippen molar-refractivity contribution in [3.8, 4) is 0 Å². The molecule has 3 aromatic carbocycles. The van der Waals surface area contributed by atoms with Crippen molar-refractivity contribution in [1.82, 2.24) is 5.32 Å². The number of hydrogen-bond donors (Lipinski definition) is 3. The van der Waals surface area contributed by atoms with Gasteiger partial charge in [0.15, 0.2) is 0 Å². The maximum absolute atomic E-state index is 13.1. The summed E-state index contributed by atoms with van der Waals surface area (Å²) in [6, 6.07) is 18.5. The summed E-state index contributed by atoms with van der Waals surface area (Å²) in [7, 11) is -3.85. The molecule has 0 aliphatic rings. The molecule has 160 valence electrons. The Hall–Kier alpha value is -3.56. The molecule has 4 N–H and O–H groups in total. The van der Waals surface area contributed by atoms with Gasteiger partial charge in [0.05, 0.1) is 4.90 Å². The van der Waals surface area contributed by atoms with Crippen LogP contribution in [0.5, 0.6) is 0 Å². The molecule has 31 heavy (non-hydrogen) atoms.